The van der Waals surface area contributed by atoms with Gasteiger partial charge in [0, 0.05) is 19.5 Å². The van der Waals surface area contributed by atoms with Gasteiger partial charge in [0.15, 0.2) is 10.2 Å². The van der Waals surface area contributed by atoms with E-state index in [-0.39, 0.29) is 0 Å². The molecule has 0 aliphatic carbocycles. The van der Waals surface area contributed by atoms with Crippen LogP contribution in [0.15, 0.2) is 33.6 Å². The Morgan fingerprint density at radius 3 is 2.59 bits per heavy atom. The maximum Gasteiger partial charge on any atom is 0.297 e. The molecule has 0 N–H and O–H groups in total. The van der Waals surface area contributed by atoms with Crippen molar-refractivity contribution in [2.75, 3.05) is 19.0 Å². The Hall–Kier alpha value is -1.87. The maximum absolute atomic E-state index is 13.0. The standard InChI is InChI=1S/C13H11F2N5S2/c1-20(2)12-18-19-13(22-12)21-11-7-5-3-4-6-8(7)16-10(17-11)9(14)15/h3-6,9H,1-2H3. The van der Waals surface area contributed by atoms with Gasteiger partial charge in [0.05, 0.1) is 5.52 Å². The predicted octanol–water partition coefficient (Wildman–Crippen LogP) is 3.64. The van der Waals surface area contributed by atoms with E-state index in [0.29, 0.717) is 14.9 Å². The molecule has 0 radical (unpaired) electrons. The quantitative estimate of drug-likeness (QED) is 0.677. The third-order valence-corrected chi connectivity index (χ3v) is 4.89. The molecule has 0 bridgehead atoms. The zero-order valence-corrected chi connectivity index (χ0v) is 13.3. The van der Waals surface area contributed by atoms with Gasteiger partial charge in [0.25, 0.3) is 6.43 Å². The van der Waals surface area contributed by atoms with Gasteiger partial charge in [-0.2, -0.15) is 0 Å². The Balaban J connectivity index is 2.04. The zero-order valence-electron chi connectivity index (χ0n) is 11.7. The summed E-state index contributed by atoms with van der Waals surface area (Å²) in [6.07, 6.45) is -2.71. The molecule has 22 heavy (non-hydrogen) atoms. The van der Waals surface area contributed by atoms with Crippen LogP contribution in [0.5, 0.6) is 0 Å². The second-order valence-electron chi connectivity index (χ2n) is 4.55. The molecule has 9 heteroatoms. The van der Waals surface area contributed by atoms with Crippen molar-refractivity contribution >= 4 is 39.1 Å². The fourth-order valence-electron chi connectivity index (χ4n) is 1.75. The third kappa shape index (κ3) is 3.00. The highest BCUT2D eigenvalue weighted by molar-refractivity contribution is 8.01. The monoisotopic (exact) mass is 339 g/mol. The summed E-state index contributed by atoms with van der Waals surface area (Å²) in [6, 6.07) is 7.08. The van der Waals surface area contributed by atoms with Crippen molar-refractivity contribution in [2.45, 2.75) is 15.8 Å². The van der Waals surface area contributed by atoms with Crippen LogP contribution in [0.2, 0.25) is 0 Å². The van der Waals surface area contributed by atoms with E-state index in [1.165, 1.54) is 23.1 Å². The molecular weight excluding hydrogens is 328 g/mol. The summed E-state index contributed by atoms with van der Waals surface area (Å²) in [5.74, 6) is -0.474. The molecule has 0 unspecified atom stereocenters. The number of fused-ring (bicyclic) bond motifs is 1. The molecule has 114 valence electrons. The molecule has 0 spiro atoms. The predicted molar refractivity (Wildman–Crippen MR) is 82.9 cm³/mol. The van der Waals surface area contributed by atoms with Gasteiger partial charge in [-0.15, -0.1) is 10.2 Å². The van der Waals surface area contributed by atoms with Crippen molar-refractivity contribution in [1.82, 2.24) is 20.2 Å². The number of halogens is 2. The largest absolute Gasteiger partial charge is 0.353 e. The van der Waals surface area contributed by atoms with Gasteiger partial charge >= 0.3 is 0 Å². The zero-order chi connectivity index (χ0) is 15.7. The van der Waals surface area contributed by atoms with Crippen LogP contribution in [0.3, 0.4) is 0 Å². The van der Waals surface area contributed by atoms with Crippen LogP contribution >= 0.6 is 23.1 Å². The molecule has 3 aromatic rings. The van der Waals surface area contributed by atoms with Crippen LogP contribution in [0.1, 0.15) is 12.2 Å². The minimum absolute atomic E-state index is 0.461. The molecule has 0 atom stereocenters. The summed E-state index contributed by atoms with van der Waals surface area (Å²) in [5.41, 5.74) is 0.493. The van der Waals surface area contributed by atoms with Crippen molar-refractivity contribution in [3.05, 3.63) is 30.1 Å². The van der Waals surface area contributed by atoms with Gasteiger partial charge in [0.2, 0.25) is 5.13 Å². The second kappa shape index (κ2) is 6.09. The molecule has 0 fully saturated rings. The van der Waals surface area contributed by atoms with Gasteiger partial charge in [-0.3, -0.25) is 0 Å². The average Bonchev–Trinajstić information content (AvgIpc) is 2.96. The molecule has 2 aromatic heterocycles. The number of para-hydroxylation sites is 1. The molecule has 0 saturated carbocycles. The van der Waals surface area contributed by atoms with E-state index >= 15 is 0 Å². The fraction of sp³-hybridized carbons (Fsp3) is 0.231. The Morgan fingerprint density at radius 2 is 1.91 bits per heavy atom. The van der Waals surface area contributed by atoms with Crippen LogP contribution in [0.25, 0.3) is 10.9 Å². The number of nitrogens with zero attached hydrogens (tertiary/aromatic N) is 5. The van der Waals surface area contributed by atoms with Crippen LogP contribution < -0.4 is 4.90 Å². The number of anilines is 1. The first-order valence-corrected chi connectivity index (χ1v) is 7.91. The summed E-state index contributed by atoms with van der Waals surface area (Å²) in [5, 5.41) is 10.0. The van der Waals surface area contributed by atoms with Crippen molar-refractivity contribution in [1.29, 1.82) is 0 Å². The Labute approximate surface area is 133 Å². The molecule has 5 nitrogen and oxygen atoms in total. The summed E-state index contributed by atoms with van der Waals surface area (Å²) in [7, 11) is 3.73. The first-order valence-electron chi connectivity index (χ1n) is 6.28. The van der Waals surface area contributed by atoms with Crippen molar-refractivity contribution in [3.63, 3.8) is 0 Å². The van der Waals surface area contributed by atoms with Gasteiger partial charge in [-0.25, -0.2) is 18.7 Å². The van der Waals surface area contributed by atoms with Gasteiger partial charge in [0.1, 0.15) is 5.03 Å². The van der Waals surface area contributed by atoms with E-state index in [1.807, 2.05) is 25.1 Å². The van der Waals surface area contributed by atoms with Crippen molar-refractivity contribution in [3.8, 4) is 0 Å². The highest BCUT2D eigenvalue weighted by Gasteiger charge is 2.17. The number of rotatable bonds is 4. The van der Waals surface area contributed by atoms with Crippen LogP contribution in [0.4, 0.5) is 13.9 Å². The number of benzene rings is 1. The first-order chi connectivity index (χ1) is 10.5. The number of alkyl halides is 2. The lowest BCUT2D eigenvalue weighted by Gasteiger charge is -2.06. The van der Waals surface area contributed by atoms with E-state index in [4.69, 9.17) is 0 Å². The topological polar surface area (TPSA) is 54.8 Å². The maximum atomic E-state index is 13.0. The molecule has 0 saturated heterocycles. The lowest BCUT2D eigenvalue weighted by Crippen LogP contribution is -2.07. The van der Waals surface area contributed by atoms with E-state index in [1.54, 1.807) is 18.2 Å². The molecule has 1 aromatic carbocycles. The smallest absolute Gasteiger partial charge is 0.297 e. The van der Waals surface area contributed by atoms with E-state index < -0.39 is 12.2 Å². The highest BCUT2D eigenvalue weighted by Crippen LogP contribution is 2.35. The minimum atomic E-state index is -2.71. The average molecular weight is 339 g/mol. The lowest BCUT2D eigenvalue weighted by molar-refractivity contribution is 0.140. The van der Waals surface area contributed by atoms with Gasteiger partial charge in [-0.05, 0) is 17.8 Å². The van der Waals surface area contributed by atoms with Crippen LogP contribution in [-0.4, -0.2) is 34.3 Å². The Kier molecular flexibility index (Phi) is 4.16. The number of aromatic nitrogens is 4. The Morgan fingerprint density at radius 1 is 1.14 bits per heavy atom. The van der Waals surface area contributed by atoms with Crippen LogP contribution in [0, 0.1) is 0 Å². The Bertz CT molecular complexity index is 806. The number of hydrogen-bond donors (Lipinski definition) is 0. The van der Waals surface area contributed by atoms with E-state index in [2.05, 4.69) is 20.2 Å². The van der Waals surface area contributed by atoms with Crippen molar-refractivity contribution in [2.24, 2.45) is 0 Å². The molecule has 3 rings (SSSR count). The molecular formula is C13H11F2N5S2. The lowest BCUT2D eigenvalue weighted by atomic mass is 10.2. The minimum Gasteiger partial charge on any atom is -0.353 e. The van der Waals surface area contributed by atoms with Crippen LogP contribution in [-0.2, 0) is 0 Å². The molecule has 2 heterocycles. The first kappa shape index (κ1) is 15.0. The number of hydrogen-bond acceptors (Lipinski definition) is 7. The fourth-order valence-corrected chi connectivity index (χ4v) is 3.55. The molecule has 0 aliphatic heterocycles. The molecule has 0 aliphatic rings. The third-order valence-electron chi connectivity index (χ3n) is 2.74. The normalized spacial score (nSPS) is 11.3. The van der Waals surface area contributed by atoms with E-state index in [9.17, 15) is 8.78 Å². The summed E-state index contributed by atoms with van der Waals surface area (Å²) >= 11 is 2.60. The highest BCUT2D eigenvalue weighted by atomic mass is 32.2. The SMILES string of the molecule is CN(C)c1nnc(Sc2nc(C(F)F)nc3ccccc23)s1. The van der Waals surface area contributed by atoms with E-state index in [0.717, 1.165) is 10.5 Å². The summed E-state index contributed by atoms with van der Waals surface area (Å²) in [6.45, 7) is 0. The van der Waals surface area contributed by atoms with Crippen molar-refractivity contribution < 1.29 is 8.78 Å². The summed E-state index contributed by atoms with van der Waals surface area (Å²) < 4.78 is 26.6. The molecule has 0 amide bonds. The summed E-state index contributed by atoms with van der Waals surface area (Å²) in [4.78, 5) is 9.71. The van der Waals surface area contributed by atoms with Gasteiger partial charge < -0.3 is 4.90 Å². The van der Waals surface area contributed by atoms with Gasteiger partial charge in [-0.1, -0.05) is 29.5 Å². The second-order valence-corrected chi connectivity index (χ2v) is 6.74.